The average molecular weight is 479 g/mol. The summed E-state index contributed by atoms with van der Waals surface area (Å²) < 4.78 is 6.92. The lowest BCUT2D eigenvalue weighted by molar-refractivity contribution is -0.149. The number of nitrogens with zero attached hydrogens (tertiary/aromatic N) is 2. The number of aliphatic hydroxyl groups excluding tert-OH is 1. The first kappa shape index (κ1) is 24.0. The topological polar surface area (TPSA) is 143 Å². The molecule has 0 spiro atoms. The lowest BCUT2D eigenvalue weighted by atomic mass is 9.98. The first-order chi connectivity index (χ1) is 16.7. The zero-order chi connectivity index (χ0) is 25.2. The molecule has 0 saturated carbocycles. The minimum absolute atomic E-state index is 0.0447. The molecule has 1 heterocycles. The maximum atomic E-state index is 13.0. The molecule has 1 aliphatic rings. The number of aliphatic carboxylic acids is 1. The number of nitrogens with one attached hydrogen (secondary N) is 2. The Morgan fingerprint density at radius 3 is 2.20 bits per heavy atom. The summed E-state index contributed by atoms with van der Waals surface area (Å²) in [5.41, 5.74) is 2.63. The Labute approximate surface area is 201 Å². The van der Waals surface area contributed by atoms with E-state index in [1.807, 2.05) is 48.5 Å². The number of aliphatic hydroxyl groups is 1. The normalized spacial score (nSPS) is 14.8. The van der Waals surface area contributed by atoms with Crippen LogP contribution in [0.15, 0.2) is 60.8 Å². The maximum Gasteiger partial charge on any atom is 0.408 e. The van der Waals surface area contributed by atoms with E-state index in [2.05, 4.69) is 15.7 Å². The van der Waals surface area contributed by atoms with Crippen LogP contribution in [-0.2, 0) is 21.4 Å². The van der Waals surface area contributed by atoms with E-state index < -0.39 is 36.2 Å². The molecular formula is C25H26N4O6. The van der Waals surface area contributed by atoms with Gasteiger partial charge in [0.1, 0.15) is 6.61 Å². The van der Waals surface area contributed by atoms with Gasteiger partial charge in [-0.15, -0.1) is 0 Å². The zero-order valence-corrected chi connectivity index (χ0v) is 19.3. The van der Waals surface area contributed by atoms with Gasteiger partial charge < -0.3 is 25.6 Å². The van der Waals surface area contributed by atoms with Crippen LogP contribution in [0.2, 0.25) is 0 Å². The largest absolute Gasteiger partial charge is 0.479 e. The fourth-order valence-corrected chi connectivity index (χ4v) is 4.20. The SMILES string of the molecule is Cn1nccc1C(NC(=O)OCC1c2ccccc2-c2ccccc21)C(=O)NC(C)(CO)C(=O)O. The molecule has 2 amide bonds. The molecule has 35 heavy (non-hydrogen) atoms. The number of fused-ring (bicyclic) bond motifs is 3. The number of carbonyl (C=O) groups excluding carboxylic acids is 2. The number of alkyl carbamates (subject to hydrolysis) is 1. The summed E-state index contributed by atoms with van der Waals surface area (Å²) in [6.45, 7) is 0.376. The second-order valence-electron chi connectivity index (χ2n) is 8.57. The summed E-state index contributed by atoms with van der Waals surface area (Å²) in [6.07, 6.45) is 0.589. The highest BCUT2D eigenvalue weighted by molar-refractivity contribution is 5.91. The van der Waals surface area contributed by atoms with E-state index in [4.69, 9.17) is 4.74 Å². The molecule has 2 atom stereocenters. The van der Waals surface area contributed by atoms with Crippen molar-refractivity contribution < 1.29 is 29.3 Å². The molecule has 4 N–H and O–H groups in total. The van der Waals surface area contributed by atoms with Crippen molar-refractivity contribution >= 4 is 18.0 Å². The monoisotopic (exact) mass is 478 g/mol. The maximum absolute atomic E-state index is 13.0. The van der Waals surface area contributed by atoms with E-state index in [0.29, 0.717) is 5.69 Å². The minimum Gasteiger partial charge on any atom is -0.479 e. The van der Waals surface area contributed by atoms with Crippen molar-refractivity contribution in [1.29, 1.82) is 0 Å². The molecule has 1 aliphatic carbocycles. The molecule has 0 fully saturated rings. The Bertz CT molecular complexity index is 1230. The number of hydrogen-bond acceptors (Lipinski definition) is 6. The Morgan fingerprint density at radius 1 is 1.09 bits per heavy atom. The van der Waals surface area contributed by atoms with Crippen LogP contribution in [0.5, 0.6) is 0 Å². The highest BCUT2D eigenvalue weighted by atomic mass is 16.5. The Kier molecular flexibility index (Phi) is 6.57. The molecule has 0 aliphatic heterocycles. The number of aromatic nitrogens is 2. The predicted molar refractivity (Wildman–Crippen MR) is 125 cm³/mol. The van der Waals surface area contributed by atoms with Crippen LogP contribution >= 0.6 is 0 Å². The van der Waals surface area contributed by atoms with Crippen molar-refractivity contribution in [3.05, 3.63) is 77.6 Å². The van der Waals surface area contributed by atoms with E-state index in [-0.39, 0.29) is 12.5 Å². The van der Waals surface area contributed by atoms with Gasteiger partial charge in [0.15, 0.2) is 11.6 Å². The standard InChI is InChI=1S/C25H26N4O6/c1-25(14-30,23(32)33)28-22(31)21(20-11-12-26-29(20)2)27-24(34)35-13-19-17-9-5-3-7-15(17)16-8-4-6-10-18(16)19/h3-12,19,21,30H,13-14H2,1-2H3,(H,27,34)(H,28,31)(H,32,33). The lowest BCUT2D eigenvalue weighted by Gasteiger charge is -2.27. The van der Waals surface area contributed by atoms with Crippen LogP contribution in [0.25, 0.3) is 11.1 Å². The van der Waals surface area contributed by atoms with Gasteiger partial charge in [0.2, 0.25) is 5.91 Å². The van der Waals surface area contributed by atoms with E-state index in [1.165, 1.54) is 23.9 Å². The van der Waals surface area contributed by atoms with E-state index in [0.717, 1.165) is 22.3 Å². The van der Waals surface area contributed by atoms with Gasteiger partial charge in [0, 0.05) is 19.2 Å². The van der Waals surface area contributed by atoms with E-state index >= 15 is 0 Å². The van der Waals surface area contributed by atoms with Crippen LogP contribution in [0.1, 0.15) is 35.7 Å². The molecule has 4 rings (SSSR count). The molecule has 2 unspecified atom stereocenters. The van der Waals surface area contributed by atoms with Crippen LogP contribution in [0.4, 0.5) is 4.79 Å². The molecule has 0 bridgehead atoms. The minimum atomic E-state index is -1.93. The number of rotatable bonds is 8. The number of carboxylic acid groups (broad SMARTS) is 1. The molecule has 10 nitrogen and oxygen atoms in total. The van der Waals surface area contributed by atoms with Crippen molar-refractivity contribution in [3.63, 3.8) is 0 Å². The molecular weight excluding hydrogens is 452 g/mol. The third kappa shape index (κ3) is 4.60. The second kappa shape index (κ2) is 9.59. The van der Waals surface area contributed by atoms with Crippen molar-refractivity contribution in [3.8, 4) is 11.1 Å². The number of aryl methyl sites for hydroxylation is 1. The van der Waals surface area contributed by atoms with Crippen molar-refractivity contribution in [2.45, 2.75) is 24.4 Å². The van der Waals surface area contributed by atoms with Crippen molar-refractivity contribution in [2.75, 3.05) is 13.2 Å². The molecule has 10 heteroatoms. The van der Waals surface area contributed by atoms with Crippen LogP contribution in [0, 0.1) is 0 Å². The molecule has 0 radical (unpaired) electrons. The van der Waals surface area contributed by atoms with Gasteiger partial charge in [-0.05, 0) is 35.2 Å². The molecule has 182 valence electrons. The van der Waals surface area contributed by atoms with Crippen molar-refractivity contribution in [2.24, 2.45) is 7.05 Å². The summed E-state index contributed by atoms with van der Waals surface area (Å²) >= 11 is 0. The number of carboxylic acids is 1. The van der Waals surface area contributed by atoms with Gasteiger partial charge >= 0.3 is 12.1 Å². The van der Waals surface area contributed by atoms with Crippen LogP contribution in [-0.4, -0.2) is 56.7 Å². The van der Waals surface area contributed by atoms with Gasteiger partial charge in [0.25, 0.3) is 0 Å². The number of amides is 2. The van der Waals surface area contributed by atoms with Gasteiger partial charge in [-0.2, -0.15) is 5.10 Å². The fourth-order valence-electron chi connectivity index (χ4n) is 4.20. The van der Waals surface area contributed by atoms with Gasteiger partial charge in [-0.3, -0.25) is 9.48 Å². The molecule has 2 aromatic carbocycles. The smallest absolute Gasteiger partial charge is 0.408 e. The second-order valence-corrected chi connectivity index (χ2v) is 8.57. The lowest BCUT2D eigenvalue weighted by Crippen LogP contribution is -2.57. The summed E-state index contributed by atoms with van der Waals surface area (Å²) in [4.78, 5) is 37.3. The van der Waals surface area contributed by atoms with Crippen LogP contribution < -0.4 is 10.6 Å². The van der Waals surface area contributed by atoms with Gasteiger partial charge in [-0.1, -0.05) is 48.5 Å². The first-order valence-electron chi connectivity index (χ1n) is 11.0. The third-order valence-corrected chi connectivity index (χ3v) is 6.21. The predicted octanol–water partition coefficient (Wildman–Crippen LogP) is 1.95. The van der Waals surface area contributed by atoms with E-state index in [1.54, 1.807) is 7.05 Å². The Hall–Kier alpha value is -4.18. The summed E-state index contributed by atoms with van der Waals surface area (Å²) in [6, 6.07) is 16.0. The molecule has 0 saturated heterocycles. The van der Waals surface area contributed by atoms with E-state index in [9.17, 15) is 24.6 Å². The highest BCUT2D eigenvalue weighted by Crippen LogP contribution is 2.44. The molecule has 3 aromatic rings. The Morgan fingerprint density at radius 2 is 1.69 bits per heavy atom. The number of ether oxygens (including phenoxy) is 1. The summed E-state index contributed by atoms with van der Waals surface area (Å²) in [5.74, 6) is -2.42. The van der Waals surface area contributed by atoms with Crippen molar-refractivity contribution in [1.82, 2.24) is 20.4 Å². The fraction of sp³-hybridized carbons (Fsp3) is 0.280. The number of hydrogen-bond donors (Lipinski definition) is 4. The average Bonchev–Trinajstić information content (AvgIpc) is 3.41. The van der Waals surface area contributed by atoms with Gasteiger partial charge in [-0.25, -0.2) is 9.59 Å². The zero-order valence-electron chi connectivity index (χ0n) is 19.3. The first-order valence-corrected chi connectivity index (χ1v) is 11.0. The van der Waals surface area contributed by atoms with Gasteiger partial charge in [0.05, 0.1) is 12.3 Å². The third-order valence-electron chi connectivity index (χ3n) is 6.21. The number of carbonyl (C=O) groups is 3. The summed E-state index contributed by atoms with van der Waals surface area (Å²) in [7, 11) is 1.58. The quantitative estimate of drug-likeness (QED) is 0.388. The number of benzene rings is 2. The summed E-state index contributed by atoms with van der Waals surface area (Å²) in [5, 5.41) is 27.7. The highest BCUT2D eigenvalue weighted by Gasteiger charge is 2.38. The Balaban J connectivity index is 1.51. The molecule has 1 aromatic heterocycles. The van der Waals surface area contributed by atoms with Crippen LogP contribution in [0.3, 0.4) is 0 Å².